The number of hydrogen-bond acceptors (Lipinski definition) is 4. The van der Waals surface area contributed by atoms with Crippen molar-refractivity contribution in [2.45, 2.75) is 107 Å². The Bertz CT molecular complexity index is 1520. The predicted molar refractivity (Wildman–Crippen MR) is 224 cm³/mol. The number of aryl methyl sites for hydroxylation is 8. The third kappa shape index (κ3) is 7.70. The Labute approximate surface area is 312 Å². The van der Waals surface area contributed by atoms with Crippen LogP contribution in [0.5, 0.6) is 23.0 Å². The molecule has 0 N–H and O–H groups in total. The SMILES string of the molecule is CCC(CC)(C(C)P(c1cc(C)c(OC)c(C)c1)c1cc(C)c(OC)c(C)c1)C(C)P(c1cc(C)c(OC)c(C)c1)c1cc(C)c(OC)c(C)c1. The first-order valence-electron chi connectivity index (χ1n) is 18.3. The Morgan fingerprint density at radius 3 is 0.725 bits per heavy atom. The van der Waals surface area contributed by atoms with E-state index in [0.29, 0.717) is 11.3 Å². The summed E-state index contributed by atoms with van der Waals surface area (Å²) >= 11 is 0. The standard InChI is InChI=1S/C45H62O4P2/c1-17-45(18-2,35(11)50(37-19-27(3)41(46-13)28(4)20-37)38-21-29(5)42(47-14)30(6)22-38)36(12)51(39-23-31(7)43(48-15)32(8)24-39)40-25-33(9)44(49-16)34(10)26-40/h19-26,35-36H,17-18H2,1-16H3. The Morgan fingerprint density at radius 1 is 0.412 bits per heavy atom. The van der Waals surface area contributed by atoms with E-state index >= 15 is 0 Å². The topological polar surface area (TPSA) is 36.9 Å². The summed E-state index contributed by atoms with van der Waals surface area (Å²) in [5, 5.41) is 5.64. The van der Waals surface area contributed by atoms with Gasteiger partial charge in [0.2, 0.25) is 0 Å². The maximum atomic E-state index is 5.87. The van der Waals surface area contributed by atoms with Crippen LogP contribution >= 0.6 is 15.8 Å². The zero-order valence-electron chi connectivity index (χ0n) is 34.2. The molecule has 2 unspecified atom stereocenters. The summed E-state index contributed by atoms with van der Waals surface area (Å²) in [6.07, 6.45) is 2.15. The third-order valence-corrected chi connectivity index (χ3v) is 17.3. The fourth-order valence-electron chi connectivity index (χ4n) is 9.04. The minimum atomic E-state index is -0.788. The molecule has 51 heavy (non-hydrogen) atoms. The van der Waals surface area contributed by atoms with Crippen molar-refractivity contribution in [1.29, 1.82) is 0 Å². The van der Waals surface area contributed by atoms with Crippen LogP contribution in [0, 0.1) is 60.8 Å². The molecule has 0 spiro atoms. The third-order valence-electron chi connectivity index (χ3n) is 11.5. The van der Waals surface area contributed by atoms with Crippen LogP contribution < -0.4 is 40.2 Å². The highest BCUT2D eigenvalue weighted by molar-refractivity contribution is 7.74. The average Bonchev–Trinajstić information content (AvgIpc) is 3.05. The van der Waals surface area contributed by atoms with Crippen molar-refractivity contribution in [1.82, 2.24) is 0 Å². The smallest absolute Gasteiger partial charge is 0.124 e. The van der Waals surface area contributed by atoms with E-state index < -0.39 is 15.8 Å². The lowest BCUT2D eigenvalue weighted by Gasteiger charge is -2.50. The van der Waals surface area contributed by atoms with Gasteiger partial charge in [0.15, 0.2) is 0 Å². The Balaban J connectivity index is 2.05. The fourth-order valence-corrected chi connectivity index (χ4v) is 16.4. The van der Waals surface area contributed by atoms with Crippen LogP contribution in [0.4, 0.5) is 0 Å². The predicted octanol–water partition coefficient (Wildman–Crippen LogP) is 10.3. The van der Waals surface area contributed by atoms with E-state index in [1.54, 1.807) is 28.4 Å². The van der Waals surface area contributed by atoms with E-state index in [1.807, 2.05) is 0 Å². The Morgan fingerprint density at radius 2 is 0.588 bits per heavy atom. The molecule has 4 aromatic carbocycles. The Hall–Kier alpha value is -3.06. The lowest BCUT2D eigenvalue weighted by atomic mass is 9.76. The largest absolute Gasteiger partial charge is 0.496 e. The number of hydrogen-bond donors (Lipinski definition) is 0. The van der Waals surface area contributed by atoms with E-state index in [0.717, 1.165) is 35.8 Å². The molecule has 0 saturated carbocycles. The normalized spacial score (nSPS) is 13.1. The van der Waals surface area contributed by atoms with Crippen LogP contribution in [-0.2, 0) is 0 Å². The summed E-state index contributed by atoms with van der Waals surface area (Å²) in [7, 11) is 5.56. The van der Waals surface area contributed by atoms with Crippen LogP contribution in [0.1, 0.15) is 85.0 Å². The van der Waals surface area contributed by atoms with Crippen molar-refractivity contribution < 1.29 is 18.9 Å². The monoisotopic (exact) mass is 728 g/mol. The second-order valence-electron chi connectivity index (χ2n) is 14.5. The van der Waals surface area contributed by atoms with Gasteiger partial charge in [-0.25, -0.2) is 0 Å². The molecule has 0 aromatic heterocycles. The molecular formula is C45H62O4P2. The van der Waals surface area contributed by atoms with Gasteiger partial charge in [0.05, 0.1) is 28.4 Å². The molecule has 6 heteroatoms. The number of ether oxygens (including phenoxy) is 4. The molecule has 2 atom stereocenters. The second kappa shape index (κ2) is 16.7. The van der Waals surface area contributed by atoms with Crippen LogP contribution in [0.25, 0.3) is 0 Å². The zero-order valence-corrected chi connectivity index (χ0v) is 36.0. The van der Waals surface area contributed by atoms with E-state index in [-0.39, 0.29) is 5.41 Å². The minimum Gasteiger partial charge on any atom is -0.496 e. The lowest BCUT2D eigenvalue weighted by molar-refractivity contribution is 0.255. The quantitative estimate of drug-likeness (QED) is 0.121. The minimum absolute atomic E-state index is 0.0182. The number of rotatable bonds is 14. The van der Waals surface area contributed by atoms with Gasteiger partial charge in [-0.2, -0.15) is 0 Å². The van der Waals surface area contributed by atoms with Crippen LogP contribution in [0.2, 0.25) is 0 Å². The maximum absolute atomic E-state index is 5.87. The molecule has 0 aliphatic rings. The van der Waals surface area contributed by atoms with E-state index in [4.69, 9.17) is 18.9 Å². The second-order valence-corrected chi connectivity index (χ2v) is 19.6. The van der Waals surface area contributed by atoms with Gasteiger partial charge in [-0.05, 0) is 215 Å². The summed E-state index contributed by atoms with van der Waals surface area (Å²) in [5.41, 5.74) is 10.3. The summed E-state index contributed by atoms with van der Waals surface area (Å²) < 4.78 is 23.5. The molecular weight excluding hydrogens is 666 g/mol. The van der Waals surface area contributed by atoms with Gasteiger partial charge in [0, 0.05) is 0 Å². The number of methoxy groups -OCH3 is 4. The molecule has 0 heterocycles. The van der Waals surface area contributed by atoms with Gasteiger partial charge in [-0.3, -0.25) is 0 Å². The van der Waals surface area contributed by atoms with E-state index in [2.05, 4.69) is 132 Å². The van der Waals surface area contributed by atoms with Crippen molar-refractivity contribution in [2.24, 2.45) is 5.41 Å². The average molecular weight is 729 g/mol. The van der Waals surface area contributed by atoms with Crippen LogP contribution in [-0.4, -0.2) is 39.8 Å². The van der Waals surface area contributed by atoms with Crippen LogP contribution in [0.15, 0.2) is 48.5 Å². The highest BCUT2D eigenvalue weighted by Gasteiger charge is 2.46. The molecule has 0 bridgehead atoms. The molecule has 0 saturated heterocycles. The van der Waals surface area contributed by atoms with Gasteiger partial charge in [-0.1, -0.05) is 27.7 Å². The van der Waals surface area contributed by atoms with Crippen molar-refractivity contribution in [3.05, 3.63) is 93.0 Å². The van der Waals surface area contributed by atoms with Gasteiger partial charge >= 0.3 is 0 Å². The van der Waals surface area contributed by atoms with Crippen molar-refractivity contribution >= 4 is 37.1 Å². The molecule has 0 aliphatic heterocycles. The molecule has 4 nitrogen and oxygen atoms in total. The molecule has 0 radical (unpaired) electrons. The molecule has 4 rings (SSSR count). The van der Waals surface area contributed by atoms with E-state index in [9.17, 15) is 0 Å². The van der Waals surface area contributed by atoms with Crippen molar-refractivity contribution in [3.63, 3.8) is 0 Å². The summed E-state index contributed by atoms with van der Waals surface area (Å²) in [6, 6.07) is 19.2. The lowest BCUT2D eigenvalue weighted by Crippen LogP contribution is -2.45. The van der Waals surface area contributed by atoms with Crippen LogP contribution in [0.3, 0.4) is 0 Å². The first-order chi connectivity index (χ1) is 24.1. The molecule has 4 aromatic rings. The molecule has 0 aliphatic carbocycles. The summed E-state index contributed by atoms with van der Waals surface area (Å²) in [6.45, 7) is 27.5. The van der Waals surface area contributed by atoms with Gasteiger partial charge < -0.3 is 18.9 Å². The summed E-state index contributed by atoms with van der Waals surface area (Å²) in [4.78, 5) is 0. The van der Waals surface area contributed by atoms with Crippen molar-refractivity contribution in [2.75, 3.05) is 28.4 Å². The van der Waals surface area contributed by atoms with E-state index in [1.165, 1.54) is 65.7 Å². The molecule has 0 fully saturated rings. The number of benzene rings is 4. The first-order valence-corrected chi connectivity index (χ1v) is 21.2. The highest BCUT2D eigenvalue weighted by Crippen LogP contribution is 2.60. The van der Waals surface area contributed by atoms with Gasteiger partial charge in [0.25, 0.3) is 0 Å². The first kappa shape index (κ1) is 40.7. The summed E-state index contributed by atoms with van der Waals surface area (Å²) in [5.74, 6) is 3.92. The fraction of sp³-hybridized carbons (Fsp3) is 0.467. The van der Waals surface area contributed by atoms with Crippen molar-refractivity contribution in [3.8, 4) is 23.0 Å². The molecule has 0 amide bonds. The maximum Gasteiger partial charge on any atom is 0.124 e. The van der Waals surface area contributed by atoms with Gasteiger partial charge in [0.1, 0.15) is 23.0 Å². The Kier molecular flexibility index (Phi) is 13.4. The zero-order chi connectivity index (χ0) is 37.9. The van der Waals surface area contributed by atoms with Gasteiger partial charge in [-0.15, -0.1) is 0 Å². The highest BCUT2D eigenvalue weighted by atomic mass is 31.1. The molecule has 276 valence electrons.